The van der Waals surface area contributed by atoms with E-state index in [1.165, 1.54) is 17.1 Å². The summed E-state index contributed by atoms with van der Waals surface area (Å²) in [7, 11) is -3.39. The minimum atomic E-state index is -3.39. The third-order valence-electron chi connectivity index (χ3n) is 4.63. The number of nitrogens with one attached hydrogen (secondary N) is 2. The van der Waals surface area contributed by atoms with Gasteiger partial charge in [-0.1, -0.05) is 45.0 Å². The van der Waals surface area contributed by atoms with Crippen LogP contribution in [0.25, 0.3) is 5.70 Å². The quantitative estimate of drug-likeness (QED) is 0.538. The van der Waals surface area contributed by atoms with Gasteiger partial charge in [-0.3, -0.25) is 25.1 Å². The van der Waals surface area contributed by atoms with Gasteiger partial charge in [-0.25, -0.2) is 13.4 Å². The number of benzene rings is 2. The molecule has 3 rings (SSSR count). The van der Waals surface area contributed by atoms with Crippen LogP contribution in [-0.4, -0.2) is 30.5 Å². The summed E-state index contributed by atoms with van der Waals surface area (Å²) in [6, 6.07) is 12.3. The summed E-state index contributed by atoms with van der Waals surface area (Å²) in [5.41, 5.74) is 4.77. The van der Waals surface area contributed by atoms with Gasteiger partial charge in [0.15, 0.2) is 0 Å². The summed E-state index contributed by atoms with van der Waals surface area (Å²) >= 11 is 0. The number of carbonyl (C=O) groups excluding carboxylic acids is 1. The smallest absolute Gasteiger partial charge is 0.269 e. The van der Waals surface area contributed by atoms with Crippen LogP contribution in [0.2, 0.25) is 0 Å². The SMILES string of the molecule is CC(C)(C)C(=O)N1NC(c2ccc(NS(C)(=O)=O)cc2)=CC1c1cccc([N+](=O)[O-])c1. The van der Waals surface area contributed by atoms with Gasteiger partial charge in [0.1, 0.15) is 0 Å². The molecule has 0 aliphatic carbocycles. The van der Waals surface area contributed by atoms with Gasteiger partial charge in [-0.2, -0.15) is 0 Å². The zero-order valence-corrected chi connectivity index (χ0v) is 18.4. The highest BCUT2D eigenvalue weighted by molar-refractivity contribution is 7.92. The van der Waals surface area contributed by atoms with E-state index in [9.17, 15) is 23.3 Å². The lowest BCUT2D eigenvalue weighted by Gasteiger charge is -2.31. The molecule has 9 nitrogen and oxygen atoms in total. The van der Waals surface area contributed by atoms with Crippen LogP contribution in [0.4, 0.5) is 11.4 Å². The summed E-state index contributed by atoms with van der Waals surface area (Å²) in [6.07, 6.45) is 2.89. The Morgan fingerprint density at radius 2 is 1.81 bits per heavy atom. The number of amides is 1. The zero-order valence-electron chi connectivity index (χ0n) is 17.6. The molecule has 1 aliphatic rings. The van der Waals surface area contributed by atoms with Crippen LogP contribution in [0.5, 0.6) is 0 Å². The van der Waals surface area contributed by atoms with Crippen molar-refractivity contribution in [2.24, 2.45) is 5.41 Å². The fourth-order valence-electron chi connectivity index (χ4n) is 3.17. The number of hydrazine groups is 1. The van der Waals surface area contributed by atoms with E-state index >= 15 is 0 Å². The van der Waals surface area contributed by atoms with Gasteiger partial charge in [-0.05, 0) is 29.3 Å². The molecule has 0 saturated heterocycles. The molecule has 0 fully saturated rings. The van der Waals surface area contributed by atoms with Crippen molar-refractivity contribution in [1.82, 2.24) is 10.4 Å². The molecule has 2 aromatic carbocycles. The van der Waals surface area contributed by atoms with Gasteiger partial charge >= 0.3 is 0 Å². The molecule has 31 heavy (non-hydrogen) atoms. The number of rotatable bonds is 5. The number of nitro groups is 1. The first-order chi connectivity index (χ1) is 14.3. The fraction of sp³-hybridized carbons (Fsp3) is 0.286. The van der Waals surface area contributed by atoms with E-state index in [0.717, 1.165) is 11.8 Å². The molecule has 1 unspecified atom stereocenters. The minimum absolute atomic E-state index is 0.0568. The molecule has 164 valence electrons. The lowest BCUT2D eigenvalue weighted by molar-refractivity contribution is -0.384. The van der Waals surface area contributed by atoms with Crippen molar-refractivity contribution in [3.63, 3.8) is 0 Å². The molecule has 1 amide bonds. The zero-order chi connectivity index (χ0) is 23.0. The molecule has 0 bridgehead atoms. The van der Waals surface area contributed by atoms with E-state index in [1.807, 2.05) is 6.08 Å². The average Bonchev–Trinajstić information content (AvgIpc) is 3.11. The molecule has 0 aromatic heterocycles. The fourth-order valence-corrected chi connectivity index (χ4v) is 3.73. The topological polar surface area (TPSA) is 122 Å². The van der Waals surface area contributed by atoms with Crippen molar-refractivity contribution in [1.29, 1.82) is 0 Å². The van der Waals surface area contributed by atoms with Gasteiger partial charge in [0.05, 0.1) is 22.9 Å². The Hall–Kier alpha value is -3.40. The number of anilines is 1. The van der Waals surface area contributed by atoms with Crippen LogP contribution >= 0.6 is 0 Å². The molecular weight excluding hydrogens is 420 g/mol. The van der Waals surface area contributed by atoms with Crippen LogP contribution in [0.3, 0.4) is 0 Å². The Morgan fingerprint density at radius 3 is 2.35 bits per heavy atom. The third-order valence-corrected chi connectivity index (χ3v) is 5.23. The van der Waals surface area contributed by atoms with Gasteiger partial charge in [-0.15, -0.1) is 0 Å². The number of hydrogen-bond acceptors (Lipinski definition) is 6. The highest BCUT2D eigenvalue weighted by atomic mass is 32.2. The summed E-state index contributed by atoms with van der Waals surface area (Å²) in [4.78, 5) is 23.8. The standard InChI is InChI=1S/C21H24N4O5S/c1-21(2,3)20(26)24-19(15-6-5-7-17(12-15)25(27)28)13-18(22-24)14-8-10-16(11-9-14)23-31(4,29)30/h5-13,19,22-23H,1-4H3. The maximum Gasteiger partial charge on any atom is 0.269 e. The summed E-state index contributed by atoms with van der Waals surface area (Å²) in [6.45, 7) is 5.39. The number of non-ortho nitro benzene ring substituents is 1. The summed E-state index contributed by atoms with van der Waals surface area (Å²) in [5, 5.41) is 12.7. The van der Waals surface area contributed by atoms with Crippen LogP contribution in [0.15, 0.2) is 54.6 Å². The Kier molecular flexibility index (Phi) is 5.77. The summed E-state index contributed by atoms with van der Waals surface area (Å²) in [5.74, 6) is -0.175. The predicted octanol–water partition coefficient (Wildman–Crippen LogP) is 3.44. The van der Waals surface area contributed by atoms with Crippen molar-refractivity contribution in [2.45, 2.75) is 26.8 Å². The molecule has 1 atom stereocenters. The molecule has 0 saturated carbocycles. The van der Waals surface area contributed by atoms with Crippen molar-refractivity contribution < 1.29 is 18.1 Å². The van der Waals surface area contributed by atoms with Gasteiger partial charge in [0.25, 0.3) is 5.69 Å². The number of carbonyl (C=O) groups is 1. The van der Waals surface area contributed by atoms with E-state index in [2.05, 4.69) is 10.1 Å². The molecule has 0 radical (unpaired) electrons. The highest BCUT2D eigenvalue weighted by Gasteiger charge is 2.36. The maximum absolute atomic E-state index is 13.1. The second-order valence-electron chi connectivity index (χ2n) is 8.37. The van der Waals surface area contributed by atoms with Crippen molar-refractivity contribution in [3.05, 3.63) is 75.8 Å². The van der Waals surface area contributed by atoms with E-state index in [1.54, 1.807) is 57.2 Å². The lowest BCUT2D eigenvalue weighted by Crippen LogP contribution is -2.45. The minimum Gasteiger partial charge on any atom is -0.295 e. The molecular formula is C21H24N4O5S. The number of nitrogens with zero attached hydrogens (tertiary/aromatic N) is 2. The molecule has 2 N–H and O–H groups in total. The molecule has 10 heteroatoms. The van der Waals surface area contributed by atoms with Gasteiger partial charge < -0.3 is 0 Å². The van der Waals surface area contributed by atoms with Gasteiger partial charge in [0, 0.05) is 23.2 Å². The summed E-state index contributed by atoms with van der Waals surface area (Å²) < 4.78 is 25.2. The lowest BCUT2D eigenvalue weighted by atomic mass is 9.94. The Balaban J connectivity index is 1.99. The van der Waals surface area contributed by atoms with E-state index in [0.29, 0.717) is 16.9 Å². The van der Waals surface area contributed by atoms with Crippen LogP contribution in [-0.2, 0) is 14.8 Å². The second kappa shape index (κ2) is 8.03. The Morgan fingerprint density at radius 1 is 1.16 bits per heavy atom. The maximum atomic E-state index is 13.1. The largest absolute Gasteiger partial charge is 0.295 e. The molecule has 1 aliphatic heterocycles. The first-order valence-electron chi connectivity index (χ1n) is 9.50. The van der Waals surface area contributed by atoms with E-state index < -0.39 is 26.4 Å². The first-order valence-corrected chi connectivity index (χ1v) is 11.4. The van der Waals surface area contributed by atoms with E-state index in [-0.39, 0.29) is 11.6 Å². The van der Waals surface area contributed by atoms with E-state index in [4.69, 9.17) is 0 Å². The predicted molar refractivity (Wildman–Crippen MR) is 118 cm³/mol. The molecule has 2 aromatic rings. The normalized spacial score (nSPS) is 16.5. The third kappa shape index (κ3) is 5.21. The first kappa shape index (κ1) is 22.3. The number of sulfonamides is 1. The van der Waals surface area contributed by atoms with Crippen LogP contribution in [0.1, 0.15) is 37.9 Å². The highest BCUT2D eigenvalue weighted by Crippen LogP contribution is 2.35. The molecule has 1 heterocycles. The number of hydrogen-bond donors (Lipinski definition) is 2. The van der Waals surface area contributed by atoms with Gasteiger partial charge in [0.2, 0.25) is 15.9 Å². The Bertz CT molecular complexity index is 1150. The second-order valence-corrected chi connectivity index (χ2v) is 10.1. The monoisotopic (exact) mass is 444 g/mol. The average molecular weight is 445 g/mol. The van der Waals surface area contributed by atoms with Crippen molar-refractivity contribution in [2.75, 3.05) is 11.0 Å². The number of nitro benzene ring substituents is 1. The molecule has 0 spiro atoms. The van der Waals surface area contributed by atoms with Crippen LogP contribution in [0, 0.1) is 15.5 Å². The van der Waals surface area contributed by atoms with Crippen molar-refractivity contribution >= 4 is 33.0 Å². The Labute approximate surface area is 180 Å². The van der Waals surface area contributed by atoms with Crippen molar-refractivity contribution in [3.8, 4) is 0 Å². The van der Waals surface area contributed by atoms with Crippen LogP contribution < -0.4 is 10.1 Å².